The largest absolute Gasteiger partial charge is 0.366 e. The maximum absolute atomic E-state index is 12.4. The Morgan fingerprint density at radius 2 is 2.09 bits per heavy atom. The minimum absolute atomic E-state index is 0.0230. The Balaban J connectivity index is 2.14. The summed E-state index contributed by atoms with van der Waals surface area (Å²) in [5.41, 5.74) is 1.98. The molecule has 0 unspecified atom stereocenters. The van der Waals surface area contributed by atoms with Crippen LogP contribution in [0.1, 0.15) is 59.8 Å². The second-order valence-electron chi connectivity index (χ2n) is 7.42. The van der Waals surface area contributed by atoms with E-state index in [4.69, 9.17) is 4.74 Å². The van der Waals surface area contributed by atoms with Gasteiger partial charge >= 0.3 is 0 Å². The normalized spacial score (nSPS) is 40.8. The van der Waals surface area contributed by atoms with Crippen molar-refractivity contribution in [1.82, 2.24) is 0 Å². The highest BCUT2D eigenvalue weighted by molar-refractivity contribution is 5.95. The molecule has 2 nitrogen and oxygen atoms in total. The summed E-state index contributed by atoms with van der Waals surface area (Å²) in [5, 5.41) is 0. The second-order valence-corrected chi connectivity index (χ2v) is 7.42. The smallest absolute Gasteiger partial charge is 0.159 e. The van der Waals surface area contributed by atoms with Gasteiger partial charge in [0.05, 0.1) is 11.7 Å². The molecule has 1 fully saturated rings. The fourth-order valence-corrected chi connectivity index (χ4v) is 3.24. The molecule has 0 saturated carbocycles. The first-order valence-electron chi connectivity index (χ1n) is 8.53. The first kappa shape index (κ1) is 17.2. The number of carbonyl (C=O) groups excluding carboxylic acids is 1. The minimum Gasteiger partial charge on any atom is -0.366 e. The zero-order valence-electron chi connectivity index (χ0n) is 14.5. The van der Waals surface area contributed by atoms with Gasteiger partial charge in [-0.25, -0.2) is 0 Å². The van der Waals surface area contributed by atoms with Crippen molar-refractivity contribution >= 4 is 5.78 Å². The number of Topliss-reactive ketones (excluding diaryl/α,β-unsaturated/α-hetero) is 1. The van der Waals surface area contributed by atoms with Crippen LogP contribution in [0.15, 0.2) is 36.0 Å². The third-order valence-electron chi connectivity index (χ3n) is 5.26. The van der Waals surface area contributed by atoms with Crippen molar-refractivity contribution in [1.29, 1.82) is 0 Å². The van der Waals surface area contributed by atoms with Gasteiger partial charge in [-0.2, -0.15) is 0 Å². The third-order valence-corrected chi connectivity index (χ3v) is 5.26. The third kappa shape index (κ3) is 4.42. The lowest BCUT2D eigenvalue weighted by molar-refractivity contribution is -0.116. The van der Waals surface area contributed by atoms with E-state index < -0.39 is 0 Å². The Kier molecular flexibility index (Phi) is 5.44. The van der Waals surface area contributed by atoms with Crippen molar-refractivity contribution in [2.24, 2.45) is 11.8 Å². The van der Waals surface area contributed by atoms with Crippen molar-refractivity contribution in [2.75, 3.05) is 0 Å². The number of carbonyl (C=O) groups is 1. The molecule has 2 rings (SSSR count). The topological polar surface area (TPSA) is 29.6 Å². The summed E-state index contributed by atoms with van der Waals surface area (Å²) in [6.07, 6.45) is 11.4. The molecule has 4 atom stereocenters. The summed E-state index contributed by atoms with van der Waals surface area (Å²) in [6.45, 7) is 12.5. The van der Waals surface area contributed by atoms with Gasteiger partial charge in [0.1, 0.15) is 0 Å². The van der Waals surface area contributed by atoms with E-state index in [1.807, 2.05) is 26.0 Å². The van der Waals surface area contributed by atoms with Crippen LogP contribution in [0.2, 0.25) is 0 Å². The fourth-order valence-electron chi connectivity index (χ4n) is 3.24. The predicted octanol–water partition coefficient (Wildman–Crippen LogP) is 5.01. The van der Waals surface area contributed by atoms with Crippen LogP contribution in [0.25, 0.3) is 0 Å². The summed E-state index contributed by atoms with van der Waals surface area (Å²) >= 11 is 0. The van der Waals surface area contributed by atoms with E-state index in [2.05, 4.69) is 26.5 Å². The van der Waals surface area contributed by atoms with Crippen LogP contribution in [0, 0.1) is 11.8 Å². The van der Waals surface area contributed by atoms with E-state index in [-0.39, 0.29) is 17.3 Å². The highest BCUT2D eigenvalue weighted by Crippen LogP contribution is 2.45. The summed E-state index contributed by atoms with van der Waals surface area (Å²) in [4.78, 5) is 12.4. The van der Waals surface area contributed by atoms with E-state index in [0.29, 0.717) is 18.4 Å². The molecule has 0 radical (unpaired) electrons. The molecule has 0 aromatic rings. The molecular weight excluding hydrogens is 272 g/mol. The van der Waals surface area contributed by atoms with E-state index >= 15 is 0 Å². The van der Waals surface area contributed by atoms with Crippen LogP contribution < -0.4 is 0 Å². The number of ether oxygens (including phenoxy) is 1. The van der Waals surface area contributed by atoms with Crippen LogP contribution in [0.5, 0.6) is 0 Å². The standard InChI is InChI=1S/C20H30O2/c1-14(2)17-11-12-20(5)19(22-20)10-9-15(3)7-6-8-16(4)18(21)13-17/h6-8,15,17,19H,1,9-13H2,2-5H3/b7-6+,16-8-/t15-,17-,19-,20+/m1/s1. The summed E-state index contributed by atoms with van der Waals surface area (Å²) in [6, 6.07) is 0. The van der Waals surface area contributed by atoms with Gasteiger partial charge in [0.25, 0.3) is 0 Å². The van der Waals surface area contributed by atoms with E-state index in [1.165, 1.54) is 0 Å². The lowest BCUT2D eigenvalue weighted by atomic mass is 9.85. The first-order valence-corrected chi connectivity index (χ1v) is 8.53. The number of hydrogen-bond acceptors (Lipinski definition) is 2. The number of epoxide rings is 1. The highest BCUT2D eigenvalue weighted by Gasteiger charge is 2.51. The van der Waals surface area contributed by atoms with Gasteiger partial charge in [-0.05, 0) is 63.9 Å². The van der Waals surface area contributed by atoms with Gasteiger partial charge < -0.3 is 4.74 Å². The van der Waals surface area contributed by atoms with Crippen LogP contribution >= 0.6 is 0 Å². The molecule has 0 bridgehead atoms. The average molecular weight is 302 g/mol. The molecule has 2 heteroatoms. The molecular formula is C20H30O2. The molecule has 0 N–H and O–H groups in total. The van der Waals surface area contributed by atoms with Gasteiger partial charge in [-0.3, -0.25) is 4.79 Å². The van der Waals surface area contributed by atoms with Gasteiger partial charge in [-0.15, -0.1) is 0 Å². The lowest BCUT2D eigenvalue weighted by Gasteiger charge is -2.18. The maximum atomic E-state index is 12.4. The minimum atomic E-state index is 0.0230. The van der Waals surface area contributed by atoms with Crippen molar-refractivity contribution in [3.8, 4) is 0 Å². The van der Waals surface area contributed by atoms with Gasteiger partial charge in [0.2, 0.25) is 0 Å². The number of allylic oxidation sites excluding steroid dienone is 5. The quantitative estimate of drug-likeness (QED) is 0.503. The Bertz CT molecular complexity index is 500. The average Bonchev–Trinajstić information content (AvgIpc) is 3.10. The molecule has 0 aromatic heterocycles. The van der Waals surface area contributed by atoms with Crippen molar-refractivity contribution in [2.45, 2.75) is 71.5 Å². The Hall–Kier alpha value is -1.15. The molecule has 0 spiro atoms. The molecule has 22 heavy (non-hydrogen) atoms. The van der Waals surface area contributed by atoms with E-state index in [1.54, 1.807) is 0 Å². The van der Waals surface area contributed by atoms with Gasteiger partial charge in [0.15, 0.2) is 5.78 Å². The maximum Gasteiger partial charge on any atom is 0.159 e. The number of rotatable bonds is 1. The zero-order valence-corrected chi connectivity index (χ0v) is 14.5. The Morgan fingerprint density at radius 1 is 1.36 bits per heavy atom. The van der Waals surface area contributed by atoms with Crippen LogP contribution in [0.4, 0.5) is 0 Å². The molecule has 2 aliphatic rings. The summed E-state index contributed by atoms with van der Waals surface area (Å²) < 4.78 is 5.95. The molecule has 122 valence electrons. The molecule has 1 heterocycles. The number of ketones is 1. The SMILES string of the molecule is C=C(C)[C@@H]1CC[C@]2(C)O[C@@H]2CC[C@H](C)/C=C/C=C(/C)C(=O)C1. The van der Waals surface area contributed by atoms with Crippen molar-refractivity contribution in [3.05, 3.63) is 36.0 Å². The Labute approximate surface area is 135 Å². The molecule has 1 aliphatic carbocycles. The van der Waals surface area contributed by atoms with E-state index in [0.717, 1.165) is 36.8 Å². The van der Waals surface area contributed by atoms with E-state index in [9.17, 15) is 4.79 Å². The monoisotopic (exact) mass is 302 g/mol. The lowest BCUT2D eigenvalue weighted by Crippen LogP contribution is -2.16. The summed E-state index contributed by atoms with van der Waals surface area (Å²) in [7, 11) is 0. The number of hydrogen-bond donors (Lipinski definition) is 0. The zero-order chi connectivity index (χ0) is 16.3. The van der Waals surface area contributed by atoms with Crippen molar-refractivity contribution < 1.29 is 9.53 Å². The predicted molar refractivity (Wildman–Crippen MR) is 91.7 cm³/mol. The molecule has 1 saturated heterocycles. The number of fused-ring (bicyclic) bond motifs is 1. The first-order chi connectivity index (χ1) is 10.3. The highest BCUT2D eigenvalue weighted by atomic mass is 16.6. The molecule has 1 aliphatic heterocycles. The summed E-state index contributed by atoms with van der Waals surface area (Å²) in [5.74, 6) is 1.03. The van der Waals surface area contributed by atoms with Gasteiger partial charge in [0, 0.05) is 6.42 Å². The second kappa shape index (κ2) is 6.95. The fraction of sp³-hybridized carbons (Fsp3) is 0.650. The van der Waals surface area contributed by atoms with Crippen LogP contribution in [-0.2, 0) is 9.53 Å². The van der Waals surface area contributed by atoms with Crippen LogP contribution in [-0.4, -0.2) is 17.5 Å². The van der Waals surface area contributed by atoms with Gasteiger partial charge in [-0.1, -0.05) is 37.3 Å². The molecule has 0 aromatic carbocycles. The molecule has 0 amide bonds. The van der Waals surface area contributed by atoms with Crippen molar-refractivity contribution in [3.63, 3.8) is 0 Å². The van der Waals surface area contributed by atoms with Crippen LogP contribution in [0.3, 0.4) is 0 Å². The Morgan fingerprint density at radius 3 is 2.77 bits per heavy atom.